The zero-order valence-corrected chi connectivity index (χ0v) is 7.70. The van der Waals surface area contributed by atoms with Gasteiger partial charge in [0.2, 0.25) is 0 Å². The van der Waals surface area contributed by atoms with Gasteiger partial charge in [-0.3, -0.25) is 0 Å². The first-order valence-corrected chi connectivity index (χ1v) is 4.15. The molecule has 0 aliphatic carbocycles. The third-order valence-electron chi connectivity index (χ3n) is 1.24. The third-order valence-corrected chi connectivity index (χ3v) is 1.24. The monoisotopic (exact) mass is 142 g/mol. The third kappa shape index (κ3) is 7.96. The molecule has 10 heavy (non-hydrogen) atoms. The van der Waals surface area contributed by atoms with Crippen molar-refractivity contribution in [1.29, 1.82) is 0 Å². The molecule has 0 aromatic carbocycles. The van der Waals surface area contributed by atoms with Gasteiger partial charge in [0.25, 0.3) is 0 Å². The Balaban J connectivity index is 3.04. The second-order valence-corrected chi connectivity index (χ2v) is 3.74. The van der Waals surface area contributed by atoms with Crippen molar-refractivity contribution in [3.8, 4) is 0 Å². The van der Waals surface area contributed by atoms with Gasteiger partial charge in [0.05, 0.1) is 0 Å². The lowest BCUT2D eigenvalue weighted by molar-refractivity contribution is 0.455. The van der Waals surface area contributed by atoms with Crippen molar-refractivity contribution in [3.05, 3.63) is 6.54 Å². The number of hydrogen-bond acceptors (Lipinski definition) is 1. The average molecular weight is 142 g/mol. The second-order valence-electron chi connectivity index (χ2n) is 3.74. The summed E-state index contributed by atoms with van der Waals surface area (Å²) in [6.07, 6.45) is 3.76. The molecule has 1 N–H and O–H groups in total. The van der Waals surface area contributed by atoms with Crippen LogP contribution in [0.4, 0.5) is 0 Å². The van der Waals surface area contributed by atoms with E-state index in [0.717, 1.165) is 0 Å². The molecule has 0 atom stereocenters. The lowest BCUT2D eigenvalue weighted by atomic mass is 10.1. The molecule has 1 heteroatoms. The summed E-state index contributed by atoms with van der Waals surface area (Å²) >= 11 is 0. The summed E-state index contributed by atoms with van der Waals surface area (Å²) in [7, 11) is 0. The molecule has 0 heterocycles. The molecule has 1 nitrogen and oxygen atoms in total. The summed E-state index contributed by atoms with van der Waals surface area (Å²) in [5, 5.41) is 3.33. The zero-order chi connectivity index (χ0) is 8.04. The van der Waals surface area contributed by atoms with E-state index in [1.54, 1.807) is 0 Å². The van der Waals surface area contributed by atoms with Gasteiger partial charge in [-0.15, -0.1) is 0 Å². The molecular weight excluding hydrogens is 122 g/mol. The fraction of sp³-hybridized carbons (Fsp3) is 0.889. The molecule has 0 saturated carbocycles. The highest BCUT2D eigenvalue weighted by molar-refractivity contribution is 4.75. The minimum Gasteiger partial charge on any atom is -0.308 e. The van der Waals surface area contributed by atoms with Gasteiger partial charge in [0, 0.05) is 12.1 Å². The molecule has 0 aromatic rings. The Kier molecular flexibility index (Phi) is 4.71. The number of nitrogens with one attached hydrogen (secondary N) is 1. The predicted molar refractivity (Wildman–Crippen MR) is 46.7 cm³/mol. The highest BCUT2D eigenvalue weighted by Gasteiger charge is 2.06. The quantitative estimate of drug-likeness (QED) is 0.595. The molecule has 61 valence electrons. The van der Waals surface area contributed by atoms with Gasteiger partial charge in [-0.05, 0) is 27.2 Å². The van der Waals surface area contributed by atoms with E-state index in [9.17, 15) is 0 Å². The summed E-state index contributed by atoms with van der Waals surface area (Å²) in [6, 6.07) is 0. The first-order valence-electron chi connectivity index (χ1n) is 4.15. The van der Waals surface area contributed by atoms with Crippen molar-refractivity contribution in [2.45, 2.75) is 52.5 Å². The Morgan fingerprint density at radius 1 is 1.30 bits per heavy atom. The van der Waals surface area contributed by atoms with Crippen LogP contribution >= 0.6 is 0 Å². The normalized spacial score (nSPS) is 12.0. The molecule has 0 aliphatic heterocycles. The first kappa shape index (κ1) is 9.96. The molecule has 0 amide bonds. The lowest BCUT2D eigenvalue weighted by Crippen LogP contribution is -2.33. The molecule has 0 aliphatic rings. The number of unbranched alkanes of at least 4 members (excludes halogenated alkanes) is 2. The molecule has 0 aromatic heterocycles. The maximum Gasteiger partial charge on any atom is 0.0226 e. The van der Waals surface area contributed by atoms with Crippen LogP contribution in [0.1, 0.15) is 47.0 Å². The van der Waals surface area contributed by atoms with Crippen LogP contribution in [-0.2, 0) is 0 Å². The van der Waals surface area contributed by atoms with E-state index in [1.807, 2.05) is 0 Å². The first-order chi connectivity index (χ1) is 4.56. The number of hydrogen-bond donors (Lipinski definition) is 1. The average Bonchev–Trinajstić information content (AvgIpc) is 1.78. The van der Waals surface area contributed by atoms with Crippen LogP contribution in [0.5, 0.6) is 0 Å². The fourth-order valence-corrected chi connectivity index (χ4v) is 0.685. The van der Waals surface area contributed by atoms with Gasteiger partial charge in [-0.25, -0.2) is 0 Å². The highest BCUT2D eigenvalue weighted by atomic mass is 14.9. The maximum absolute atomic E-state index is 3.33. The smallest absolute Gasteiger partial charge is 0.0226 e. The fourth-order valence-electron chi connectivity index (χ4n) is 0.685. The Bertz CT molecular complexity index is 71.3. The lowest BCUT2D eigenvalue weighted by Gasteiger charge is -2.19. The summed E-state index contributed by atoms with van der Waals surface area (Å²) in [4.78, 5) is 0. The minimum absolute atomic E-state index is 0.244. The van der Waals surface area contributed by atoms with Crippen molar-refractivity contribution in [1.82, 2.24) is 5.32 Å². The van der Waals surface area contributed by atoms with Crippen molar-refractivity contribution in [3.63, 3.8) is 0 Å². The Morgan fingerprint density at radius 3 is 2.30 bits per heavy atom. The SMILES string of the molecule is CCCC[CH]NC(C)(C)C. The zero-order valence-electron chi connectivity index (χ0n) is 7.70. The van der Waals surface area contributed by atoms with Crippen molar-refractivity contribution >= 4 is 0 Å². The standard InChI is InChI=1S/C9H20N/c1-5-6-7-8-10-9(2,3)4/h8,10H,5-7H2,1-4H3. The predicted octanol–water partition coefficient (Wildman–Crippen LogP) is 2.73. The molecule has 0 saturated heterocycles. The molecule has 0 rings (SSSR count). The summed E-state index contributed by atoms with van der Waals surface area (Å²) in [5.74, 6) is 0. The van der Waals surface area contributed by atoms with Gasteiger partial charge in [-0.2, -0.15) is 0 Å². The summed E-state index contributed by atoms with van der Waals surface area (Å²) in [5.41, 5.74) is 0.244. The van der Waals surface area contributed by atoms with Crippen LogP contribution < -0.4 is 5.32 Å². The molecule has 0 bridgehead atoms. The van der Waals surface area contributed by atoms with Crippen LogP contribution in [0.2, 0.25) is 0 Å². The molecule has 1 radical (unpaired) electrons. The van der Waals surface area contributed by atoms with E-state index in [-0.39, 0.29) is 5.54 Å². The van der Waals surface area contributed by atoms with E-state index in [2.05, 4.69) is 39.6 Å². The van der Waals surface area contributed by atoms with Gasteiger partial charge in [0.1, 0.15) is 0 Å². The van der Waals surface area contributed by atoms with Gasteiger partial charge >= 0.3 is 0 Å². The van der Waals surface area contributed by atoms with E-state index in [4.69, 9.17) is 0 Å². The van der Waals surface area contributed by atoms with Crippen molar-refractivity contribution < 1.29 is 0 Å². The topological polar surface area (TPSA) is 12.0 Å². The summed E-state index contributed by atoms with van der Waals surface area (Å²) < 4.78 is 0. The largest absolute Gasteiger partial charge is 0.308 e. The maximum atomic E-state index is 3.33. The highest BCUT2D eigenvalue weighted by Crippen LogP contribution is 2.02. The second kappa shape index (κ2) is 4.73. The van der Waals surface area contributed by atoms with Crippen LogP contribution in [0.25, 0.3) is 0 Å². The van der Waals surface area contributed by atoms with Crippen molar-refractivity contribution in [2.75, 3.05) is 0 Å². The van der Waals surface area contributed by atoms with Crippen LogP contribution in [0.3, 0.4) is 0 Å². The van der Waals surface area contributed by atoms with Gasteiger partial charge in [-0.1, -0.05) is 19.8 Å². The Labute approximate surface area is 65.2 Å². The van der Waals surface area contributed by atoms with Crippen molar-refractivity contribution in [2.24, 2.45) is 0 Å². The van der Waals surface area contributed by atoms with Crippen LogP contribution in [0, 0.1) is 6.54 Å². The molecule has 0 spiro atoms. The Hall–Kier alpha value is -0.0400. The van der Waals surface area contributed by atoms with E-state index < -0.39 is 0 Å². The molecule has 0 fully saturated rings. The molecular formula is C9H20N. The van der Waals surface area contributed by atoms with E-state index >= 15 is 0 Å². The van der Waals surface area contributed by atoms with E-state index in [1.165, 1.54) is 19.3 Å². The van der Waals surface area contributed by atoms with Gasteiger partial charge in [0.15, 0.2) is 0 Å². The number of rotatable bonds is 4. The molecule has 0 unspecified atom stereocenters. The minimum atomic E-state index is 0.244. The van der Waals surface area contributed by atoms with Crippen LogP contribution in [0.15, 0.2) is 0 Å². The van der Waals surface area contributed by atoms with Gasteiger partial charge < -0.3 is 5.32 Å². The summed E-state index contributed by atoms with van der Waals surface area (Å²) in [6.45, 7) is 10.9. The Morgan fingerprint density at radius 2 is 1.90 bits per heavy atom. The van der Waals surface area contributed by atoms with Crippen LogP contribution in [-0.4, -0.2) is 5.54 Å². The van der Waals surface area contributed by atoms with E-state index in [0.29, 0.717) is 0 Å².